The summed E-state index contributed by atoms with van der Waals surface area (Å²) in [7, 11) is 0. The maximum Gasteiger partial charge on any atom is 0.107 e. The van der Waals surface area contributed by atoms with Gasteiger partial charge in [0.1, 0.15) is 17.2 Å². The van der Waals surface area contributed by atoms with E-state index in [1.165, 1.54) is 11.3 Å². The minimum absolute atomic E-state index is 0.179. The van der Waals surface area contributed by atoms with Crippen molar-refractivity contribution in [2.75, 3.05) is 5.73 Å². The van der Waals surface area contributed by atoms with Crippen molar-refractivity contribution < 1.29 is 4.39 Å². The molecule has 2 rings (SSSR count). The van der Waals surface area contributed by atoms with E-state index in [0.29, 0.717) is 17.0 Å². The second-order valence-corrected chi connectivity index (χ2v) is 4.77. The number of hydrogen-bond donors (Lipinski definition) is 1. The third-order valence-corrected chi connectivity index (χ3v) is 3.90. The number of hydrogen-bond acceptors (Lipinski definition) is 3. The molecule has 2 unspecified atom stereocenters. The number of aryl methyl sites for hydroxylation is 1. The molecular weight excluding hydrogens is 199 g/mol. The van der Waals surface area contributed by atoms with Gasteiger partial charge in [0.05, 0.1) is 5.56 Å². The molecular formula is C10H11FN2S. The molecule has 0 aromatic carbocycles. The van der Waals surface area contributed by atoms with E-state index in [9.17, 15) is 4.39 Å². The van der Waals surface area contributed by atoms with E-state index < -0.39 is 6.17 Å². The smallest absolute Gasteiger partial charge is 0.107 e. The van der Waals surface area contributed by atoms with Crippen molar-refractivity contribution in [2.24, 2.45) is 0 Å². The summed E-state index contributed by atoms with van der Waals surface area (Å²) in [5.74, 6) is -0.179. The molecule has 2 nitrogen and oxygen atoms in total. The van der Waals surface area contributed by atoms with E-state index in [-0.39, 0.29) is 5.92 Å². The molecule has 1 aromatic heterocycles. The molecule has 2 N–H and O–H groups in total. The minimum atomic E-state index is -0.830. The fourth-order valence-electron chi connectivity index (χ4n) is 1.99. The molecule has 2 atom stereocenters. The van der Waals surface area contributed by atoms with Gasteiger partial charge in [-0.3, -0.25) is 0 Å². The van der Waals surface area contributed by atoms with Crippen LogP contribution in [-0.2, 0) is 6.42 Å². The molecule has 0 saturated heterocycles. The van der Waals surface area contributed by atoms with Crippen molar-refractivity contribution >= 4 is 16.3 Å². The van der Waals surface area contributed by atoms with Gasteiger partial charge in [-0.25, -0.2) is 4.39 Å². The predicted octanol–water partition coefficient (Wildman–Crippen LogP) is 2.59. The average Bonchev–Trinajstić information content (AvgIpc) is 2.48. The highest BCUT2D eigenvalue weighted by Crippen LogP contribution is 2.42. The quantitative estimate of drug-likeness (QED) is 0.715. The molecule has 1 aliphatic rings. The first-order valence-corrected chi connectivity index (χ1v) is 5.42. The van der Waals surface area contributed by atoms with Gasteiger partial charge in [-0.1, -0.05) is 6.92 Å². The summed E-state index contributed by atoms with van der Waals surface area (Å²) in [6.07, 6.45) is 0.444. The number of fused-ring (bicyclic) bond motifs is 1. The summed E-state index contributed by atoms with van der Waals surface area (Å²) in [6, 6.07) is 2.07. The third-order valence-electron chi connectivity index (χ3n) is 2.81. The van der Waals surface area contributed by atoms with Gasteiger partial charge >= 0.3 is 0 Å². The lowest BCUT2D eigenvalue weighted by atomic mass is 9.85. The zero-order valence-corrected chi connectivity index (χ0v) is 8.70. The van der Waals surface area contributed by atoms with Crippen molar-refractivity contribution in [3.8, 4) is 6.07 Å². The largest absolute Gasteiger partial charge is 0.389 e. The number of alkyl halides is 1. The van der Waals surface area contributed by atoms with Gasteiger partial charge in [0, 0.05) is 10.8 Å². The lowest BCUT2D eigenvalue weighted by Gasteiger charge is -2.22. The van der Waals surface area contributed by atoms with Crippen LogP contribution in [0.3, 0.4) is 0 Å². The Bertz CT molecular complexity index is 405. The molecule has 1 heterocycles. The summed E-state index contributed by atoms with van der Waals surface area (Å²) in [6.45, 7) is 1.83. The molecule has 0 bridgehead atoms. The van der Waals surface area contributed by atoms with E-state index in [4.69, 9.17) is 11.0 Å². The van der Waals surface area contributed by atoms with E-state index in [0.717, 1.165) is 16.9 Å². The Balaban J connectivity index is 2.58. The summed E-state index contributed by atoms with van der Waals surface area (Å²) in [5, 5.41) is 9.46. The number of nitrogens with two attached hydrogens (primary N) is 1. The first-order chi connectivity index (χ1) is 6.65. The maximum absolute atomic E-state index is 13.4. The highest BCUT2D eigenvalue weighted by Gasteiger charge is 2.31. The van der Waals surface area contributed by atoms with Crippen LogP contribution in [0.15, 0.2) is 0 Å². The second-order valence-electron chi connectivity index (χ2n) is 3.63. The van der Waals surface area contributed by atoms with Crippen LogP contribution in [0.4, 0.5) is 9.39 Å². The zero-order valence-electron chi connectivity index (χ0n) is 7.88. The van der Waals surface area contributed by atoms with Crippen molar-refractivity contribution in [1.82, 2.24) is 0 Å². The van der Waals surface area contributed by atoms with Crippen LogP contribution in [0, 0.1) is 11.3 Å². The molecule has 4 heteroatoms. The zero-order chi connectivity index (χ0) is 10.3. The van der Waals surface area contributed by atoms with Crippen LogP contribution in [0.1, 0.15) is 35.3 Å². The van der Waals surface area contributed by atoms with Gasteiger partial charge < -0.3 is 5.73 Å². The average molecular weight is 210 g/mol. The molecule has 14 heavy (non-hydrogen) atoms. The first kappa shape index (κ1) is 9.47. The van der Waals surface area contributed by atoms with Crippen LogP contribution >= 0.6 is 11.3 Å². The van der Waals surface area contributed by atoms with Crippen LogP contribution in [0.2, 0.25) is 0 Å². The number of nitriles is 1. The third kappa shape index (κ3) is 1.20. The maximum atomic E-state index is 13.4. The number of anilines is 1. The van der Waals surface area contributed by atoms with Crippen LogP contribution in [0.5, 0.6) is 0 Å². The van der Waals surface area contributed by atoms with Gasteiger partial charge in [0.2, 0.25) is 0 Å². The Morgan fingerprint density at radius 2 is 2.36 bits per heavy atom. The Morgan fingerprint density at radius 1 is 1.64 bits per heavy atom. The second kappa shape index (κ2) is 3.25. The molecule has 0 radical (unpaired) electrons. The highest BCUT2D eigenvalue weighted by molar-refractivity contribution is 7.16. The van der Waals surface area contributed by atoms with Gasteiger partial charge in [-0.05, 0) is 18.4 Å². The van der Waals surface area contributed by atoms with Crippen LogP contribution in [0.25, 0.3) is 0 Å². The molecule has 0 fully saturated rings. The molecule has 74 valence electrons. The minimum Gasteiger partial charge on any atom is -0.389 e. The Morgan fingerprint density at radius 3 is 3.00 bits per heavy atom. The summed E-state index contributed by atoms with van der Waals surface area (Å²) in [4.78, 5) is 1.10. The fourth-order valence-corrected chi connectivity index (χ4v) is 3.13. The SMILES string of the molecule is CC1c2c(sc(N)c2C#N)CCC1F. The first-order valence-electron chi connectivity index (χ1n) is 4.60. The number of nitrogen functional groups attached to an aromatic ring is 1. The number of rotatable bonds is 0. The van der Waals surface area contributed by atoms with Crippen LogP contribution < -0.4 is 5.73 Å². The van der Waals surface area contributed by atoms with Crippen molar-refractivity contribution in [3.63, 3.8) is 0 Å². The van der Waals surface area contributed by atoms with E-state index in [2.05, 4.69) is 6.07 Å². The van der Waals surface area contributed by atoms with Crippen molar-refractivity contribution in [1.29, 1.82) is 5.26 Å². The van der Waals surface area contributed by atoms with Crippen molar-refractivity contribution in [2.45, 2.75) is 31.9 Å². The van der Waals surface area contributed by atoms with E-state index in [1.54, 1.807) is 0 Å². The highest BCUT2D eigenvalue weighted by atomic mass is 32.1. The van der Waals surface area contributed by atoms with Gasteiger partial charge in [-0.15, -0.1) is 11.3 Å². The molecule has 1 aliphatic carbocycles. The number of thiophene rings is 1. The Hall–Kier alpha value is -1.08. The molecule has 0 spiro atoms. The van der Waals surface area contributed by atoms with Gasteiger partial charge in [0.25, 0.3) is 0 Å². The topological polar surface area (TPSA) is 49.8 Å². The van der Waals surface area contributed by atoms with Crippen molar-refractivity contribution in [3.05, 3.63) is 16.0 Å². The normalized spacial score (nSPS) is 25.5. The summed E-state index contributed by atoms with van der Waals surface area (Å²) < 4.78 is 13.4. The molecule has 1 aromatic rings. The summed E-state index contributed by atoms with van der Waals surface area (Å²) >= 11 is 1.44. The standard InChI is InChI=1S/C10H11FN2S/c1-5-7(11)2-3-8-9(5)6(4-12)10(13)14-8/h5,7H,2-3,13H2,1H3. The monoisotopic (exact) mass is 210 g/mol. The number of nitrogens with zero attached hydrogens (tertiary/aromatic N) is 1. The van der Waals surface area contributed by atoms with Crippen LogP contribution in [-0.4, -0.2) is 6.17 Å². The molecule has 0 amide bonds. The fraction of sp³-hybridized carbons (Fsp3) is 0.500. The lowest BCUT2D eigenvalue weighted by molar-refractivity contribution is 0.263. The summed E-state index contributed by atoms with van der Waals surface area (Å²) in [5.41, 5.74) is 7.07. The number of halogens is 1. The van der Waals surface area contributed by atoms with Gasteiger partial charge in [0.15, 0.2) is 0 Å². The molecule has 0 saturated carbocycles. The van der Waals surface area contributed by atoms with Gasteiger partial charge in [-0.2, -0.15) is 5.26 Å². The Labute approximate surface area is 86.2 Å². The lowest BCUT2D eigenvalue weighted by Crippen LogP contribution is -2.18. The predicted molar refractivity (Wildman–Crippen MR) is 55.1 cm³/mol. The van der Waals surface area contributed by atoms with E-state index in [1.807, 2.05) is 6.92 Å². The molecule has 0 aliphatic heterocycles. The van der Waals surface area contributed by atoms with E-state index >= 15 is 0 Å². The Kier molecular flexibility index (Phi) is 2.20.